The number of carbonyl (C=O) groups excluding carboxylic acids is 1. The van der Waals surface area contributed by atoms with E-state index >= 15 is 0 Å². The van der Waals surface area contributed by atoms with E-state index in [4.69, 9.17) is 4.74 Å². The van der Waals surface area contributed by atoms with Crippen LogP contribution in [0.25, 0.3) is 0 Å². The first kappa shape index (κ1) is 11.1. The molecule has 1 heterocycles. The lowest BCUT2D eigenvalue weighted by atomic mass is 10.2. The third kappa shape index (κ3) is 2.57. The molecule has 0 atom stereocenters. The molecule has 2 aromatic rings. The van der Waals surface area contributed by atoms with E-state index in [0.29, 0.717) is 17.1 Å². The Labute approximate surface area is 98.5 Å². The molecule has 0 amide bonds. The highest BCUT2D eigenvalue weighted by molar-refractivity contribution is 5.96. The van der Waals surface area contributed by atoms with Crippen LogP contribution < -0.4 is 5.32 Å². The van der Waals surface area contributed by atoms with Gasteiger partial charge in [-0.2, -0.15) is 0 Å². The summed E-state index contributed by atoms with van der Waals surface area (Å²) in [4.78, 5) is 19.5. The van der Waals surface area contributed by atoms with Crippen LogP contribution in [-0.4, -0.2) is 23.0 Å². The number of carbonyl (C=O) groups is 1. The van der Waals surface area contributed by atoms with Crippen molar-refractivity contribution in [2.75, 3.05) is 12.4 Å². The number of esters is 1. The molecular formula is C12H11N3O2. The molecule has 0 aliphatic rings. The number of anilines is 2. The molecule has 1 N–H and O–H groups in total. The maximum Gasteiger partial charge on any atom is 0.339 e. The molecule has 0 saturated heterocycles. The summed E-state index contributed by atoms with van der Waals surface area (Å²) in [5.41, 5.74) is 1.10. The zero-order chi connectivity index (χ0) is 12.1. The van der Waals surface area contributed by atoms with Crippen molar-refractivity contribution >= 4 is 17.5 Å². The maximum absolute atomic E-state index is 11.5. The first-order valence-electron chi connectivity index (χ1n) is 5.01. The number of ether oxygens (including phenoxy) is 1. The second kappa shape index (κ2) is 5.07. The Morgan fingerprint density at radius 3 is 2.82 bits per heavy atom. The van der Waals surface area contributed by atoms with E-state index in [0.717, 1.165) is 0 Å². The van der Waals surface area contributed by atoms with Crippen molar-refractivity contribution < 1.29 is 9.53 Å². The van der Waals surface area contributed by atoms with E-state index in [-0.39, 0.29) is 0 Å². The SMILES string of the molecule is COC(=O)c1ccccc1Nc1cnccn1. The Hall–Kier alpha value is -2.43. The van der Waals surface area contributed by atoms with Crippen LogP contribution in [0.2, 0.25) is 0 Å². The molecule has 17 heavy (non-hydrogen) atoms. The Kier molecular flexibility index (Phi) is 3.30. The van der Waals surface area contributed by atoms with Crippen LogP contribution >= 0.6 is 0 Å². The molecule has 2 rings (SSSR count). The van der Waals surface area contributed by atoms with Crippen molar-refractivity contribution in [3.8, 4) is 0 Å². The normalized spacial score (nSPS) is 9.71. The average molecular weight is 229 g/mol. The third-order valence-corrected chi connectivity index (χ3v) is 2.16. The van der Waals surface area contributed by atoms with Crippen molar-refractivity contribution in [1.29, 1.82) is 0 Å². The predicted molar refractivity (Wildman–Crippen MR) is 63.1 cm³/mol. The van der Waals surface area contributed by atoms with Crippen LogP contribution in [-0.2, 0) is 4.74 Å². The molecule has 5 heteroatoms. The fraction of sp³-hybridized carbons (Fsp3) is 0.0833. The van der Waals surface area contributed by atoms with Crippen LogP contribution in [0.1, 0.15) is 10.4 Å². The number of rotatable bonds is 3. The summed E-state index contributed by atoms with van der Waals surface area (Å²) in [6, 6.07) is 7.06. The highest BCUT2D eigenvalue weighted by Gasteiger charge is 2.10. The molecule has 0 saturated carbocycles. The van der Waals surface area contributed by atoms with Crippen LogP contribution in [0.15, 0.2) is 42.9 Å². The minimum atomic E-state index is -0.392. The fourth-order valence-corrected chi connectivity index (χ4v) is 1.38. The predicted octanol–water partition coefficient (Wildman–Crippen LogP) is 2.01. The van der Waals surface area contributed by atoms with Gasteiger partial charge < -0.3 is 10.1 Å². The van der Waals surface area contributed by atoms with E-state index in [1.54, 1.807) is 36.8 Å². The topological polar surface area (TPSA) is 64.1 Å². The van der Waals surface area contributed by atoms with Gasteiger partial charge in [-0.1, -0.05) is 12.1 Å². The number of benzene rings is 1. The molecule has 1 aromatic carbocycles. The minimum Gasteiger partial charge on any atom is -0.465 e. The van der Waals surface area contributed by atoms with Gasteiger partial charge in [0, 0.05) is 12.4 Å². The molecule has 0 aliphatic carbocycles. The molecule has 0 aliphatic heterocycles. The van der Waals surface area contributed by atoms with E-state index in [1.807, 2.05) is 6.07 Å². The molecule has 0 radical (unpaired) electrons. The van der Waals surface area contributed by atoms with Gasteiger partial charge in [-0.3, -0.25) is 4.98 Å². The first-order chi connectivity index (χ1) is 8.31. The van der Waals surface area contributed by atoms with Crippen LogP contribution in [0.4, 0.5) is 11.5 Å². The molecule has 5 nitrogen and oxygen atoms in total. The van der Waals surface area contributed by atoms with Gasteiger partial charge in [0.1, 0.15) is 5.82 Å². The summed E-state index contributed by atoms with van der Waals surface area (Å²) in [5, 5.41) is 3.01. The van der Waals surface area contributed by atoms with Crippen molar-refractivity contribution in [3.63, 3.8) is 0 Å². The molecular weight excluding hydrogens is 218 g/mol. The molecule has 86 valence electrons. The van der Waals surface area contributed by atoms with Crippen molar-refractivity contribution in [1.82, 2.24) is 9.97 Å². The molecule has 0 unspecified atom stereocenters. The number of para-hydroxylation sites is 1. The van der Waals surface area contributed by atoms with Gasteiger partial charge in [-0.05, 0) is 12.1 Å². The molecule has 0 bridgehead atoms. The summed E-state index contributed by atoms with van der Waals surface area (Å²) < 4.78 is 4.70. The standard InChI is InChI=1S/C12H11N3O2/c1-17-12(16)9-4-2-3-5-10(9)15-11-8-13-6-7-14-11/h2-8H,1H3,(H,14,15). The summed E-state index contributed by atoms with van der Waals surface area (Å²) in [6.45, 7) is 0. The van der Waals surface area contributed by atoms with Gasteiger partial charge in [0.25, 0.3) is 0 Å². The fourth-order valence-electron chi connectivity index (χ4n) is 1.38. The van der Waals surface area contributed by atoms with Gasteiger partial charge in [0.2, 0.25) is 0 Å². The second-order valence-electron chi connectivity index (χ2n) is 3.25. The second-order valence-corrected chi connectivity index (χ2v) is 3.25. The summed E-state index contributed by atoms with van der Waals surface area (Å²) in [6.07, 6.45) is 4.73. The number of aromatic nitrogens is 2. The van der Waals surface area contributed by atoms with Crippen molar-refractivity contribution in [3.05, 3.63) is 48.4 Å². The van der Waals surface area contributed by atoms with Crippen molar-refractivity contribution in [2.24, 2.45) is 0 Å². The Morgan fingerprint density at radius 2 is 2.12 bits per heavy atom. The summed E-state index contributed by atoms with van der Waals surface area (Å²) in [7, 11) is 1.35. The van der Waals surface area contributed by atoms with Crippen molar-refractivity contribution in [2.45, 2.75) is 0 Å². The number of hydrogen-bond donors (Lipinski definition) is 1. The Morgan fingerprint density at radius 1 is 1.29 bits per heavy atom. The van der Waals surface area contributed by atoms with Crippen LogP contribution in [0, 0.1) is 0 Å². The number of methoxy groups -OCH3 is 1. The van der Waals surface area contributed by atoms with Crippen LogP contribution in [0.5, 0.6) is 0 Å². The number of hydrogen-bond acceptors (Lipinski definition) is 5. The quantitative estimate of drug-likeness (QED) is 0.815. The highest BCUT2D eigenvalue weighted by atomic mass is 16.5. The lowest BCUT2D eigenvalue weighted by molar-refractivity contribution is 0.0602. The van der Waals surface area contributed by atoms with Gasteiger partial charge >= 0.3 is 5.97 Å². The first-order valence-corrected chi connectivity index (χ1v) is 5.01. The van der Waals surface area contributed by atoms with Gasteiger partial charge in [0.15, 0.2) is 0 Å². The lowest BCUT2D eigenvalue weighted by Crippen LogP contribution is -2.05. The van der Waals surface area contributed by atoms with E-state index < -0.39 is 5.97 Å². The number of nitrogens with zero attached hydrogens (tertiary/aromatic N) is 2. The zero-order valence-corrected chi connectivity index (χ0v) is 9.25. The Balaban J connectivity index is 2.30. The average Bonchev–Trinajstić information content (AvgIpc) is 2.40. The number of nitrogens with one attached hydrogen (secondary N) is 1. The third-order valence-electron chi connectivity index (χ3n) is 2.16. The summed E-state index contributed by atoms with van der Waals surface area (Å²) in [5.74, 6) is 0.181. The maximum atomic E-state index is 11.5. The van der Waals surface area contributed by atoms with Gasteiger partial charge in [-0.25, -0.2) is 9.78 Å². The van der Waals surface area contributed by atoms with E-state index in [9.17, 15) is 4.79 Å². The minimum absolute atomic E-state index is 0.392. The monoisotopic (exact) mass is 229 g/mol. The highest BCUT2D eigenvalue weighted by Crippen LogP contribution is 2.19. The van der Waals surface area contributed by atoms with Crippen LogP contribution in [0.3, 0.4) is 0 Å². The largest absolute Gasteiger partial charge is 0.465 e. The molecule has 0 fully saturated rings. The summed E-state index contributed by atoms with van der Waals surface area (Å²) >= 11 is 0. The Bertz CT molecular complexity index is 514. The zero-order valence-electron chi connectivity index (χ0n) is 9.25. The molecule has 0 spiro atoms. The molecule has 1 aromatic heterocycles. The van der Waals surface area contributed by atoms with E-state index in [1.165, 1.54) is 7.11 Å². The van der Waals surface area contributed by atoms with Gasteiger partial charge in [-0.15, -0.1) is 0 Å². The smallest absolute Gasteiger partial charge is 0.339 e. The van der Waals surface area contributed by atoms with E-state index in [2.05, 4.69) is 15.3 Å². The lowest BCUT2D eigenvalue weighted by Gasteiger charge is -2.09. The van der Waals surface area contributed by atoms with Gasteiger partial charge in [0.05, 0.1) is 24.6 Å².